The number of rotatable bonds is 5. The van der Waals surface area contributed by atoms with E-state index in [0.29, 0.717) is 5.76 Å². The number of nitrogens with one attached hydrogen (secondary N) is 1. The summed E-state index contributed by atoms with van der Waals surface area (Å²) in [6.45, 7) is 1.58. The van der Waals surface area contributed by atoms with Crippen molar-refractivity contribution < 1.29 is 22.4 Å². The average molecular weight is 397 g/mol. The van der Waals surface area contributed by atoms with Gasteiger partial charge in [-0.25, -0.2) is 4.68 Å². The number of aromatic nitrogens is 3. The number of carbonyl (C=O) groups excluding carboxylic acids is 1. The molecule has 0 fully saturated rings. The molecule has 3 N–H and O–H groups in total. The van der Waals surface area contributed by atoms with Crippen LogP contribution in [0.15, 0.2) is 52.2 Å². The first-order chi connectivity index (χ1) is 12.8. The molecule has 3 aromatic rings. The Hall–Kier alpha value is -2.95. The number of carbonyl (C=O) groups is 1. The van der Waals surface area contributed by atoms with Gasteiger partial charge in [0.05, 0.1) is 17.1 Å². The molecule has 142 valence electrons. The molecule has 1 atom stereocenters. The van der Waals surface area contributed by atoms with Crippen LogP contribution in [-0.2, 0) is 11.0 Å². The molecule has 7 nitrogen and oxygen atoms in total. The number of nitrogens with zero attached hydrogens (tertiary/aromatic N) is 3. The summed E-state index contributed by atoms with van der Waals surface area (Å²) >= 11 is 1.01. The number of nitrogens with two attached hydrogens (primary N) is 1. The van der Waals surface area contributed by atoms with Crippen LogP contribution in [-0.4, -0.2) is 26.0 Å². The Labute approximate surface area is 155 Å². The topological polar surface area (TPSA) is 99.0 Å². The molecule has 1 unspecified atom stereocenters. The Morgan fingerprint density at radius 2 is 2.07 bits per heavy atom. The zero-order valence-electron chi connectivity index (χ0n) is 13.9. The molecule has 27 heavy (non-hydrogen) atoms. The highest BCUT2D eigenvalue weighted by atomic mass is 32.2. The Bertz CT molecular complexity index is 940. The van der Waals surface area contributed by atoms with Crippen LogP contribution in [0, 0.1) is 0 Å². The summed E-state index contributed by atoms with van der Waals surface area (Å²) in [6, 6.07) is 7.73. The summed E-state index contributed by atoms with van der Waals surface area (Å²) in [5, 5.41) is 9.84. The van der Waals surface area contributed by atoms with Gasteiger partial charge in [0, 0.05) is 5.69 Å². The van der Waals surface area contributed by atoms with Crippen LogP contribution in [0.3, 0.4) is 0 Å². The van der Waals surface area contributed by atoms with Crippen molar-refractivity contribution >= 4 is 23.4 Å². The number of anilines is 1. The Balaban J connectivity index is 1.68. The number of hydrogen-bond donors (Lipinski definition) is 2. The maximum atomic E-state index is 12.8. The van der Waals surface area contributed by atoms with E-state index in [1.807, 2.05) is 0 Å². The summed E-state index contributed by atoms with van der Waals surface area (Å²) in [5.41, 5.74) is -0.793. The first-order valence-electron chi connectivity index (χ1n) is 7.65. The molecule has 1 aromatic carbocycles. The van der Waals surface area contributed by atoms with E-state index in [0.717, 1.165) is 23.9 Å². The SMILES string of the molecule is CC(Sc1nnc(-c2ccco2)n1N)C(=O)Nc1cccc(C(F)(F)F)c1. The second kappa shape index (κ2) is 7.35. The fourth-order valence-electron chi connectivity index (χ4n) is 2.16. The Morgan fingerprint density at radius 1 is 1.30 bits per heavy atom. The zero-order chi connectivity index (χ0) is 19.6. The maximum Gasteiger partial charge on any atom is 0.416 e. The van der Waals surface area contributed by atoms with E-state index in [9.17, 15) is 18.0 Å². The second-order valence-electron chi connectivity index (χ2n) is 5.48. The van der Waals surface area contributed by atoms with Crippen molar-refractivity contribution in [3.8, 4) is 11.6 Å². The molecule has 1 amide bonds. The van der Waals surface area contributed by atoms with Crippen molar-refractivity contribution in [1.29, 1.82) is 0 Å². The highest BCUT2D eigenvalue weighted by Crippen LogP contribution is 2.31. The van der Waals surface area contributed by atoms with Crippen LogP contribution >= 0.6 is 11.8 Å². The van der Waals surface area contributed by atoms with Gasteiger partial charge in [-0.2, -0.15) is 13.2 Å². The van der Waals surface area contributed by atoms with Crippen molar-refractivity contribution in [3.63, 3.8) is 0 Å². The van der Waals surface area contributed by atoms with Crippen molar-refractivity contribution in [1.82, 2.24) is 14.9 Å². The zero-order valence-corrected chi connectivity index (χ0v) is 14.7. The highest BCUT2D eigenvalue weighted by Gasteiger charge is 2.30. The number of furan rings is 1. The van der Waals surface area contributed by atoms with E-state index < -0.39 is 22.9 Å². The molecule has 0 saturated heterocycles. The smallest absolute Gasteiger partial charge is 0.416 e. The predicted molar refractivity (Wildman–Crippen MR) is 93.3 cm³/mol. The molecule has 2 aromatic heterocycles. The van der Waals surface area contributed by atoms with Crippen molar-refractivity contribution in [3.05, 3.63) is 48.2 Å². The molecule has 0 aliphatic heterocycles. The van der Waals surface area contributed by atoms with Gasteiger partial charge in [-0.15, -0.1) is 10.2 Å². The van der Waals surface area contributed by atoms with E-state index >= 15 is 0 Å². The summed E-state index contributed by atoms with van der Waals surface area (Å²) in [7, 11) is 0. The quantitative estimate of drug-likeness (QED) is 0.506. The standard InChI is InChI=1S/C16H14F3N5O2S/c1-9(14(25)21-11-5-2-4-10(8-11)16(17,18)19)27-15-23-22-13(24(15)20)12-6-3-7-26-12/h2-9H,20H2,1H3,(H,21,25). The number of hydrogen-bond acceptors (Lipinski definition) is 6. The monoisotopic (exact) mass is 397 g/mol. The van der Waals surface area contributed by atoms with Crippen LogP contribution < -0.4 is 11.2 Å². The predicted octanol–water partition coefficient (Wildman–Crippen LogP) is 3.39. The van der Waals surface area contributed by atoms with E-state index in [1.165, 1.54) is 23.1 Å². The first-order valence-corrected chi connectivity index (χ1v) is 8.53. The van der Waals surface area contributed by atoms with Gasteiger partial charge in [0.25, 0.3) is 0 Å². The number of alkyl halides is 3. The summed E-state index contributed by atoms with van der Waals surface area (Å²) < 4.78 is 44.7. The Morgan fingerprint density at radius 3 is 2.74 bits per heavy atom. The minimum absolute atomic E-state index is 0.0489. The molecular formula is C16H14F3N5O2S. The van der Waals surface area contributed by atoms with E-state index in [-0.39, 0.29) is 16.7 Å². The normalized spacial score (nSPS) is 12.7. The minimum atomic E-state index is -4.49. The van der Waals surface area contributed by atoms with Crippen LogP contribution in [0.5, 0.6) is 0 Å². The van der Waals surface area contributed by atoms with Gasteiger partial charge in [0.15, 0.2) is 5.76 Å². The lowest BCUT2D eigenvalue weighted by atomic mass is 10.2. The molecule has 11 heteroatoms. The molecule has 2 heterocycles. The molecule has 3 rings (SSSR count). The number of halogens is 3. The third-order valence-electron chi connectivity index (χ3n) is 3.51. The first kappa shape index (κ1) is 18.8. The average Bonchev–Trinajstić information content (AvgIpc) is 3.25. The molecule has 0 saturated carbocycles. The summed E-state index contributed by atoms with van der Waals surface area (Å²) in [6.07, 6.45) is -3.03. The number of amides is 1. The molecule has 0 bridgehead atoms. The van der Waals surface area contributed by atoms with Crippen molar-refractivity contribution in [2.45, 2.75) is 23.5 Å². The number of benzene rings is 1. The molecule has 0 aliphatic rings. The van der Waals surface area contributed by atoms with Gasteiger partial charge in [0.1, 0.15) is 0 Å². The summed E-state index contributed by atoms with van der Waals surface area (Å²) in [5.74, 6) is 6.12. The van der Waals surface area contributed by atoms with Gasteiger partial charge in [-0.05, 0) is 37.3 Å². The van der Waals surface area contributed by atoms with Crippen molar-refractivity contribution in [2.24, 2.45) is 0 Å². The van der Waals surface area contributed by atoms with Crippen LogP contribution in [0.4, 0.5) is 18.9 Å². The highest BCUT2D eigenvalue weighted by molar-refractivity contribution is 8.00. The van der Waals surface area contributed by atoms with Crippen LogP contribution in [0.1, 0.15) is 12.5 Å². The fourth-order valence-corrected chi connectivity index (χ4v) is 2.93. The molecule has 0 radical (unpaired) electrons. The lowest BCUT2D eigenvalue weighted by Gasteiger charge is -2.13. The van der Waals surface area contributed by atoms with E-state index in [4.69, 9.17) is 10.3 Å². The summed E-state index contributed by atoms with van der Waals surface area (Å²) in [4.78, 5) is 12.3. The second-order valence-corrected chi connectivity index (χ2v) is 6.79. The lowest BCUT2D eigenvalue weighted by Crippen LogP contribution is -2.24. The van der Waals surface area contributed by atoms with Crippen LogP contribution in [0.2, 0.25) is 0 Å². The fraction of sp³-hybridized carbons (Fsp3) is 0.188. The van der Waals surface area contributed by atoms with Gasteiger partial charge >= 0.3 is 6.18 Å². The third-order valence-corrected chi connectivity index (χ3v) is 4.57. The van der Waals surface area contributed by atoms with Gasteiger partial charge in [-0.3, -0.25) is 4.79 Å². The van der Waals surface area contributed by atoms with Gasteiger partial charge in [-0.1, -0.05) is 17.8 Å². The van der Waals surface area contributed by atoms with Gasteiger partial charge < -0.3 is 15.6 Å². The van der Waals surface area contributed by atoms with E-state index in [1.54, 1.807) is 19.1 Å². The Kier molecular flexibility index (Phi) is 5.13. The largest absolute Gasteiger partial charge is 0.461 e. The minimum Gasteiger partial charge on any atom is -0.461 e. The number of nitrogen functional groups attached to an aromatic ring is 1. The van der Waals surface area contributed by atoms with Crippen LogP contribution in [0.25, 0.3) is 11.6 Å². The van der Waals surface area contributed by atoms with Crippen molar-refractivity contribution in [2.75, 3.05) is 11.2 Å². The maximum absolute atomic E-state index is 12.8. The molecular weight excluding hydrogens is 383 g/mol. The number of thioether (sulfide) groups is 1. The molecule has 0 aliphatic carbocycles. The van der Waals surface area contributed by atoms with E-state index in [2.05, 4.69) is 15.5 Å². The lowest BCUT2D eigenvalue weighted by molar-refractivity contribution is -0.137. The van der Waals surface area contributed by atoms with Gasteiger partial charge in [0.2, 0.25) is 16.9 Å². The third kappa shape index (κ3) is 4.25. The molecule has 0 spiro atoms.